The first-order valence-electron chi connectivity index (χ1n) is 10.5. The first kappa shape index (κ1) is 20.3. The summed E-state index contributed by atoms with van der Waals surface area (Å²) < 4.78 is 7.20. The van der Waals surface area contributed by atoms with Crippen molar-refractivity contribution in [3.8, 4) is 11.5 Å². The number of rotatable bonds is 7. The van der Waals surface area contributed by atoms with Gasteiger partial charge in [0.1, 0.15) is 11.5 Å². The van der Waals surface area contributed by atoms with Gasteiger partial charge in [-0.3, -0.25) is 9.98 Å². The molecule has 3 N–H and O–H groups in total. The Labute approximate surface area is 180 Å². The molecule has 3 aromatic rings. The van der Waals surface area contributed by atoms with E-state index in [2.05, 4.69) is 15.3 Å². The van der Waals surface area contributed by atoms with Crippen molar-refractivity contribution in [2.75, 3.05) is 11.9 Å². The lowest BCUT2D eigenvalue weighted by molar-refractivity contribution is 0.462. The van der Waals surface area contributed by atoms with E-state index in [1.54, 1.807) is 23.7 Å². The van der Waals surface area contributed by atoms with Gasteiger partial charge in [-0.15, -0.1) is 0 Å². The van der Waals surface area contributed by atoms with Crippen LogP contribution in [0.3, 0.4) is 0 Å². The Kier molecular flexibility index (Phi) is 6.59. The number of nitrogens with one attached hydrogen (secondary N) is 1. The van der Waals surface area contributed by atoms with Crippen molar-refractivity contribution in [2.24, 2.45) is 10.7 Å². The predicted octanol–water partition coefficient (Wildman–Crippen LogP) is 5.62. The normalized spacial score (nSPS) is 15.7. The minimum atomic E-state index is 0.548. The van der Waals surface area contributed by atoms with Gasteiger partial charge in [0.05, 0.1) is 15.9 Å². The van der Waals surface area contributed by atoms with Crippen LogP contribution in [0.15, 0.2) is 47.7 Å². The highest BCUT2D eigenvalue weighted by Crippen LogP contribution is 2.33. The van der Waals surface area contributed by atoms with E-state index < -0.39 is 0 Å². The number of ether oxygens (including phenoxy) is 1. The number of fused-ring (bicyclic) bond motifs is 1. The number of thiazole rings is 1. The van der Waals surface area contributed by atoms with Gasteiger partial charge in [-0.05, 0) is 38.0 Å². The number of aromatic nitrogens is 2. The third-order valence-corrected chi connectivity index (χ3v) is 6.10. The highest BCUT2D eigenvalue weighted by Gasteiger charge is 2.15. The highest BCUT2D eigenvalue weighted by atomic mass is 32.1. The fraction of sp³-hybridized carbons (Fsp3) is 0.348. The second-order valence-corrected chi connectivity index (χ2v) is 8.39. The smallest absolute Gasteiger partial charge is 0.184 e. The Hall–Kier alpha value is -2.93. The van der Waals surface area contributed by atoms with Crippen LogP contribution in [0, 0.1) is 0 Å². The average Bonchev–Trinajstić information content (AvgIpc) is 3.17. The van der Waals surface area contributed by atoms with E-state index in [0.717, 1.165) is 32.4 Å². The molecular weight excluding hydrogens is 394 g/mol. The van der Waals surface area contributed by atoms with Crippen molar-refractivity contribution in [1.29, 1.82) is 0 Å². The van der Waals surface area contributed by atoms with Gasteiger partial charge in [-0.1, -0.05) is 30.6 Å². The maximum atomic E-state index is 6.09. The summed E-state index contributed by atoms with van der Waals surface area (Å²) in [6, 6.07) is 10.2. The molecule has 0 saturated heterocycles. The van der Waals surface area contributed by atoms with Gasteiger partial charge in [0.15, 0.2) is 5.13 Å². The van der Waals surface area contributed by atoms with Gasteiger partial charge in [0.25, 0.3) is 0 Å². The number of nitrogens with two attached hydrogens (primary N) is 1. The summed E-state index contributed by atoms with van der Waals surface area (Å²) in [5.74, 6) is 1.47. The molecule has 1 fully saturated rings. The van der Waals surface area contributed by atoms with E-state index in [0.29, 0.717) is 18.3 Å². The fourth-order valence-electron chi connectivity index (χ4n) is 3.60. The molecule has 7 heteroatoms. The van der Waals surface area contributed by atoms with Crippen molar-refractivity contribution in [3.63, 3.8) is 0 Å². The van der Waals surface area contributed by atoms with E-state index in [1.807, 2.05) is 37.3 Å². The molecule has 1 aliphatic rings. The number of aliphatic imine (C=N–C) groups is 1. The topological polar surface area (TPSA) is 85.4 Å². The van der Waals surface area contributed by atoms with Crippen LogP contribution in [0.5, 0.6) is 11.5 Å². The third-order valence-electron chi connectivity index (χ3n) is 5.15. The molecule has 0 atom stereocenters. The molecule has 6 nitrogen and oxygen atoms in total. The van der Waals surface area contributed by atoms with E-state index >= 15 is 0 Å². The zero-order valence-electron chi connectivity index (χ0n) is 17.2. The summed E-state index contributed by atoms with van der Waals surface area (Å²) in [7, 11) is 0. The largest absolute Gasteiger partial charge is 0.457 e. The minimum Gasteiger partial charge on any atom is -0.457 e. The Bertz CT molecular complexity index is 1050. The number of anilines is 1. The van der Waals surface area contributed by atoms with E-state index in [-0.39, 0.29) is 0 Å². The van der Waals surface area contributed by atoms with E-state index in [9.17, 15) is 0 Å². The molecule has 156 valence electrons. The van der Waals surface area contributed by atoms with E-state index in [4.69, 9.17) is 15.5 Å². The minimum absolute atomic E-state index is 0.548. The Morgan fingerprint density at radius 3 is 2.87 bits per heavy atom. The molecule has 0 spiro atoms. The molecule has 30 heavy (non-hydrogen) atoms. The molecule has 1 aromatic carbocycles. The van der Waals surface area contributed by atoms with Crippen LogP contribution in [0.2, 0.25) is 0 Å². The summed E-state index contributed by atoms with van der Waals surface area (Å²) >= 11 is 1.68. The highest BCUT2D eigenvalue weighted by molar-refractivity contribution is 7.22. The van der Waals surface area contributed by atoms with Crippen molar-refractivity contribution in [2.45, 2.75) is 45.1 Å². The third kappa shape index (κ3) is 4.97. The van der Waals surface area contributed by atoms with Crippen LogP contribution in [-0.4, -0.2) is 28.8 Å². The Balaban J connectivity index is 1.50. The van der Waals surface area contributed by atoms with Crippen LogP contribution in [0.25, 0.3) is 15.8 Å². The molecule has 2 heterocycles. The molecular formula is C23H27N5OS. The van der Waals surface area contributed by atoms with Crippen LogP contribution in [0.1, 0.15) is 44.7 Å². The second-order valence-electron chi connectivity index (χ2n) is 7.36. The molecule has 4 rings (SSSR count). The number of pyridine rings is 1. The first-order chi connectivity index (χ1) is 14.7. The second kappa shape index (κ2) is 9.71. The molecule has 0 aliphatic heterocycles. The number of benzene rings is 1. The van der Waals surface area contributed by atoms with Gasteiger partial charge >= 0.3 is 0 Å². The number of allylic oxidation sites excluding steroid dienone is 1. The maximum absolute atomic E-state index is 6.09. The number of nitrogens with zero attached hydrogens (tertiary/aromatic N) is 3. The molecule has 0 amide bonds. The van der Waals surface area contributed by atoms with Crippen LogP contribution in [0.4, 0.5) is 5.13 Å². The zero-order chi connectivity index (χ0) is 20.8. The summed E-state index contributed by atoms with van der Waals surface area (Å²) in [6.45, 7) is 2.67. The molecule has 2 aromatic heterocycles. The van der Waals surface area contributed by atoms with Gasteiger partial charge < -0.3 is 15.8 Å². The summed E-state index contributed by atoms with van der Waals surface area (Å²) in [4.78, 5) is 13.4. The van der Waals surface area contributed by atoms with Crippen LogP contribution >= 0.6 is 11.3 Å². The van der Waals surface area contributed by atoms with Crippen LogP contribution in [-0.2, 0) is 0 Å². The summed E-state index contributed by atoms with van der Waals surface area (Å²) in [5.41, 5.74) is 8.21. The quantitative estimate of drug-likeness (QED) is 0.484. The molecule has 0 unspecified atom stereocenters. The molecule has 0 bridgehead atoms. The lowest BCUT2D eigenvalue weighted by Gasteiger charge is -2.22. The van der Waals surface area contributed by atoms with Gasteiger partial charge in [0.2, 0.25) is 0 Å². The number of hydrogen-bond donors (Lipinski definition) is 2. The Morgan fingerprint density at radius 2 is 2.07 bits per heavy atom. The SMILES string of the molecule is CCN=CC(=CN)c1cc(Oc2ccc3nc(NC4CCCCC4)sc3c2)ccn1. The van der Waals surface area contributed by atoms with Crippen LogP contribution < -0.4 is 15.8 Å². The number of hydrogen-bond acceptors (Lipinski definition) is 7. The Morgan fingerprint density at radius 1 is 1.23 bits per heavy atom. The van der Waals surface area contributed by atoms with Crippen molar-refractivity contribution < 1.29 is 4.74 Å². The van der Waals surface area contributed by atoms with E-state index in [1.165, 1.54) is 38.3 Å². The molecule has 1 saturated carbocycles. The summed E-state index contributed by atoms with van der Waals surface area (Å²) in [5, 5.41) is 4.60. The predicted molar refractivity (Wildman–Crippen MR) is 126 cm³/mol. The fourth-order valence-corrected chi connectivity index (χ4v) is 4.58. The van der Waals surface area contributed by atoms with Crippen molar-refractivity contribution >= 4 is 38.5 Å². The van der Waals surface area contributed by atoms with Gasteiger partial charge in [0, 0.05) is 48.9 Å². The molecule has 1 aliphatic carbocycles. The van der Waals surface area contributed by atoms with Crippen molar-refractivity contribution in [1.82, 2.24) is 9.97 Å². The van der Waals surface area contributed by atoms with Gasteiger partial charge in [-0.25, -0.2) is 4.98 Å². The lowest BCUT2D eigenvalue weighted by atomic mass is 9.96. The monoisotopic (exact) mass is 421 g/mol. The average molecular weight is 422 g/mol. The first-order valence-corrected chi connectivity index (χ1v) is 11.3. The van der Waals surface area contributed by atoms with Crippen molar-refractivity contribution in [3.05, 3.63) is 48.4 Å². The zero-order valence-corrected chi connectivity index (χ0v) is 18.0. The molecule has 0 radical (unpaired) electrons. The van der Waals surface area contributed by atoms with Gasteiger partial charge in [-0.2, -0.15) is 0 Å². The summed E-state index contributed by atoms with van der Waals surface area (Å²) in [6.07, 6.45) is 11.4. The maximum Gasteiger partial charge on any atom is 0.184 e. The lowest BCUT2D eigenvalue weighted by Crippen LogP contribution is -2.21. The standard InChI is InChI=1S/C23H27N5OS/c1-2-25-15-16(14-24)21-12-19(10-11-26-21)29-18-8-9-20-22(13-18)30-23(28-20)27-17-6-4-3-5-7-17/h8-15,17H,2-7,24H2,1H3,(H,27,28).